The summed E-state index contributed by atoms with van der Waals surface area (Å²) in [6.45, 7) is 1.93. The molecule has 2 aromatic rings. The summed E-state index contributed by atoms with van der Waals surface area (Å²) in [4.78, 5) is 0. The maximum absolute atomic E-state index is 9.14. The number of aryl methyl sites for hydroxylation is 1. The van der Waals surface area contributed by atoms with Crippen molar-refractivity contribution in [2.75, 3.05) is 0 Å². The minimum Gasteiger partial charge on any atom is -0.508 e. The van der Waals surface area contributed by atoms with E-state index in [9.17, 15) is 0 Å². The van der Waals surface area contributed by atoms with Crippen LogP contribution in [0.25, 0.3) is 5.69 Å². The molecular weight excluding hydrogens is 244 g/mol. The number of benzene rings is 1. The monoisotopic (exact) mass is 252 g/mol. The molecule has 0 bridgehead atoms. The van der Waals surface area contributed by atoms with Gasteiger partial charge in [0.1, 0.15) is 10.4 Å². The van der Waals surface area contributed by atoms with Gasteiger partial charge < -0.3 is 5.11 Å². The van der Waals surface area contributed by atoms with E-state index in [1.165, 1.54) is 0 Å². The molecule has 0 spiro atoms. The van der Waals surface area contributed by atoms with Crippen LogP contribution in [0, 0.1) is 6.92 Å². The molecular formula is C10H9BrN2O. The Balaban J connectivity index is 2.49. The van der Waals surface area contributed by atoms with E-state index in [2.05, 4.69) is 21.0 Å². The third-order valence-electron chi connectivity index (χ3n) is 1.88. The van der Waals surface area contributed by atoms with Gasteiger partial charge in [-0.2, -0.15) is 5.10 Å². The Morgan fingerprint density at radius 1 is 1.29 bits per heavy atom. The zero-order valence-electron chi connectivity index (χ0n) is 7.61. The van der Waals surface area contributed by atoms with Crippen molar-refractivity contribution < 1.29 is 5.11 Å². The fraction of sp³-hybridized carbons (Fsp3) is 0.100. The lowest BCUT2D eigenvalue weighted by Gasteiger charge is -2.02. The number of rotatable bonds is 1. The van der Waals surface area contributed by atoms with Gasteiger partial charge in [0.2, 0.25) is 0 Å². The summed E-state index contributed by atoms with van der Waals surface area (Å²) >= 11 is 3.41. The van der Waals surface area contributed by atoms with Gasteiger partial charge in [-0.1, -0.05) is 0 Å². The molecule has 0 unspecified atom stereocenters. The van der Waals surface area contributed by atoms with E-state index in [1.54, 1.807) is 16.8 Å². The molecule has 1 aromatic carbocycles. The number of nitrogens with zero attached hydrogens (tertiary/aromatic N) is 2. The summed E-state index contributed by atoms with van der Waals surface area (Å²) in [5.41, 5.74) is 1.87. The molecule has 0 atom stereocenters. The maximum Gasteiger partial charge on any atom is 0.115 e. The lowest BCUT2D eigenvalue weighted by Crippen LogP contribution is -1.96. The number of hydrogen-bond acceptors (Lipinski definition) is 2. The lowest BCUT2D eigenvalue weighted by molar-refractivity contribution is 0.475. The molecule has 0 radical (unpaired) electrons. The molecule has 4 heteroatoms. The second-order valence-corrected chi connectivity index (χ2v) is 3.85. The van der Waals surface area contributed by atoms with E-state index in [4.69, 9.17) is 5.11 Å². The Kier molecular flexibility index (Phi) is 2.29. The van der Waals surface area contributed by atoms with Gasteiger partial charge in [-0.05, 0) is 53.2 Å². The van der Waals surface area contributed by atoms with Crippen LogP contribution in [0.2, 0.25) is 0 Å². The van der Waals surface area contributed by atoms with Crippen LogP contribution in [-0.2, 0) is 0 Å². The first kappa shape index (κ1) is 9.27. The fourth-order valence-electron chi connectivity index (χ4n) is 1.24. The smallest absolute Gasteiger partial charge is 0.115 e. The molecule has 0 amide bonds. The van der Waals surface area contributed by atoms with Crippen LogP contribution in [0.1, 0.15) is 5.69 Å². The highest BCUT2D eigenvalue weighted by molar-refractivity contribution is 9.10. The highest BCUT2D eigenvalue weighted by Gasteiger charge is 2.03. The molecule has 1 aromatic heterocycles. The van der Waals surface area contributed by atoms with Crippen LogP contribution >= 0.6 is 15.9 Å². The van der Waals surface area contributed by atoms with Crippen molar-refractivity contribution in [3.8, 4) is 11.4 Å². The van der Waals surface area contributed by atoms with Crippen molar-refractivity contribution >= 4 is 15.9 Å². The average molecular weight is 253 g/mol. The molecule has 3 nitrogen and oxygen atoms in total. The number of aromatic nitrogens is 2. The zero-order valence-corrected chi connectivity index (χ0v) is 9.19. The van der Waals surface area contributed by atoms with Gasteiger partial charge in [0.05, 0.1) is 11.4 Å². The zero-order chi connectivity index (χ0) is 10.1. The summed E-state index contributed by atoms with van der Waals surface area (Å²) in [7, 11) is 0. The quantitative estimate of drug-likeness (QED) is 0.848. The summed E-state index contributed by atoms with van der Waals surface area (Å²) < 4.78 is 2.68. The van der Waals surface area contributed by atoms with Crippen molar-refractivity contribution in [1.82, 2.24) is 9.78 Å². The molecule has 0 aliphatic heterocycles. The standard InChI is InChI=1S/C10H9BrN2O/c1-7-6-10(11)13(12-7)8-2-4-9(14)5-3-8/h2-6,14H,1H3. The maximum atomic E-state index is 9.14. The molecule has 0 fully saturated rings. The molecule has 2 rings (SSSR count). The van der Waals surface area contributed by atoms with Crippen molar-refractivity contribution in [2.45, 2.75) is 6.92 Å². The van der Waals surface area contributed by atoms with E-state index in [-0.39, 0.29) is 5.75 Å². The predicted octanol–water partition coefficient (Wildman–Crippen LogP) is 2.65. The van der Waals surface area contributed by atoms with Crippen molar-refractivity contribution in [1.29, 1.82) is 0 Å². The van der Waals surface area contributed by atoms with Gasteiger partial charge >= 0.3 is 0 Å². The second kappa shape index (κ2) is 3.46. The van der Waals surface area contributed by atoms with Crippen LogP contribution in [-0.4, -0.2) is 14.9 Å². The molecule has 72 valence electrons. The van der Waals surface area contributed by atoms with Gasteiger partial charge in [0.15, 0.2) is 0 Å². The molecule has 0 saturated heterocycles. The molecule has 1 N–H and O–H groups in total. The van der Waals surface area contributed by atoms with Gasteiger partial charge in [0, 0.05) is 0 Å². The SMILES string of the molecule is Cc1cc(Br)n(-c2ccc(O)cc2)n1. The summed E-state index contributed by atoms with van der Waals surface area (Å²) in [5.74, 6) is 0.258. The molecule has 14 heavy (non-hydrogen) atoms. The number of hydrogen-bond donors (Lipinski definition) is 1. The van der Waals surface area contributed by atoms with E-state index < -0.39 is 0 Å². The molecule has 0 aliphatic carbocycles. The topological polar surface area (TPSA) is 38.0 Å². The third kappa shape index (κ3) is 1.65. The fourth-order valence-corrected chi connectivity index (χ4v) is 1.86. The van der Waals surface area contributed by atoms with E-state index >= 15 is 0 Å². The first-order chi connectivity index (χ1) is 6.66. The lowest BCUT2D eigenvalue weighted by atomic mass is 10.3. The minimum absolute atomic E-state index is 0.258. The van der Waals surface area contributed by atoms with E-state index in [0.717, 1.165) is 16.0 Å². The minimum atomic E-state index is 0.258. The van der Waals surface area contributed by atoms with Crippen molar-refractivity contribution in [2.24, 2.45) is 0 Å². The number of phenolic OH excluding ortho intramolecular Hbond substituents is 1. The highest BCUT2D eigenvalue weighted by Crippen LogP contribution is 2.19. The molecule has 0 aliphatic rings. The first-order valence-corrected chi connectivity index (χ1v) is 4.98. The van der Waals surface area contributed by atoms with Gasteiger partial charge in [-0.25, -0.2) is 4.68 Å². The van der Waals surface area contributed by atoms with Crippen LogP contribution in [0.5, 0.6) is 5.75 Å². The van der Waals surface area contributed by atoms with Gasteiger partial charge in [-0.15, -0.1) is 0 Å². The Morgan fingerprint density at radius 3 is 2.43 bits per heavy atom. The molecule has 0 saturated carbocycles. The van der Waals surface area contributed by atoms with E-state index in [0.29, 0.717) is 0 Å². The van der Waals surface area contributed by atoms with Gasteiger partial charge in [-0.3, -0.25) is 0 Å². The number of phenols is 1. The molecule has 1 heterocycles. The Labute approximate surface area is 90.1 Å². The Bertz CT molecular complexity index is 448. The largest absolute Gasteiger partial charge is 0.508 e. The number of aromatic hydroxyl groups is 1. The predicted molar refractivity (Wildman–Crippen MR) is 57.7 cm³/mol. The van der Waals surface area contributed by atoms with Crippen LogP contribution in [0.15, 0.2) is 34.9 Å². The van der Waals surface area contributed by atoms with Crippen LogP contribution in [0.4, 0.5) is 0 Å². The van der Waals surface area contributed by atoms with Crippen LogP contribution in [0.3, 0.4) is 0 Å². The second-order valence-electron chi connectivity index (χ2n) is 3.04. The Hall–Kier alpha value is -1.29. The van der Waals surface area contributed by atoms with Crippen molar-refractivity contribution in [3.05, 3.63) is 40.6 Å². The summed E-state index contributed by atoms with van der Waals surface area (Å²) in [6, 6.07) is 8.84. The normalized spacial score (nSPS) is 10.4. The first-order valence-electron chi connectivity index (χ1n) is 4.18. The van der Waals surface area contributed by atoms with Gasteiger partial charge in [0.25, 0.3) is 0 Å². The highest BCUT2D eigenvalue weighted by atomic mass is 79.9. The van der Waals surface area contributed by atoms with Crippen molar-refractivity contribution in [3.63, 3.8) is 0 Å². The van der Waals surface area contributed by atoms with Crippen LogP contribution < -0.4 is 0 Å². The average Bonchev–Trinajstić information content (AvgIpc) is 2.47. The Morgan fingerprint density at radius 2 is 1.93 bits per heavy atom. The summed E-state index contributed by atoms with van der Waals surface area (Å²) in [6.07, 6.45) is 0. The third-order valence-corrected chi connectivity index (χ3v) is 2.45. The summed E-state index contributed by atoms with van der Waals surface area (Å²) in [5, 5.41) is 13.4. The van der Waals surface area contributed by atoms with E-state index in [1.807, 2.05) is 25.1 Å². The number of halogens is 1.